The van der Waals surface area contributed by atoms with Crippen molar-refractivity contribution in [2.75, 3.05) is 13.7 Å². The summed E-state index contributed by atoms with van der Waals surface area (Å²) in [5.74, 6) is 1.49. The molecule has 0 spiro atoms. The van der Waals surface area contributed by atoms with Gasteiger partial charge in [0.15, 0.2) is 0 Å². The van der Waals surface area contributed by atoms with Crippen LogP contribution in [0.5, 0.6) is 0 Å². The number of nitriles is 1. The molecule has 0 aromatic rings. The fraction of sp³-hybridized carbons (Fsp3) is 0.742. The molecule has 0 amide bonds. The first kappa shape index (κ1) is 27.1. The summed E-state index contributed by atoms with van der Waals surface area (Å²) in [7, 11) is 1.69. The lowest BCUT2D eigenvalue weighted by atomic mass is 9.35. The van der Waals surface area contributed by atoms with Crippen LogP contribution in [0.3, 0.4) is 0 Å². The third-order valence-corrected chi connectivity index (χ3v) is 11.8. The van der Waals surface area contributed by atoms with Crippen LogP contribution in [0.15, 0.2) is 37.1 Å². The van der Waals surface area contributed by atoms with E-state index in [2.05, 4.69) is 57.5 Å². The molecule has 0 saturated heterocycles. The molecule has 0 aromatic heterocycles. The monoisotopic (exact) mass is 493 g/mol. The van der Waals surface area contributed by atoms with Crippen LogP contribution in [0, 0.1) is 56.2 Å². The van der Waals surface area contributed by atoms with Crippen LogP contribution in [0.4, 0.5) is 0 Å². The molecular weight excluding hydrogens is 446 g/mol. The predicted octanol–water partition coefficient (Wildman–Crippen LogP) is 6.17. The van der Waals surface area contributed by atoms with Gasteiger partial charge in [-0.2, -0.15) is 5.26 Å². The van der Waals surface area contributed by atoms with Crippen LogP contribution in [0.25, 0.3) is 0 Å². The first-order valence-corrected chi connectivity index (χ1v) is 13.9. The van der Waals surface area contributed by atoms with Crippen molar-refractivity contribution in [3.05, 3.63) is 37.1 Å². The maximum absolute atomic E-state index is 11.3. The summed E-state index contributed by atoms with van der Waals surface area (Å²) in [5, 5.41) is 31.5. The zero-order valence-electron chi connectivity index (χ0n) is 22.9. The molecule has 3 N–H and O–H groups in total. The lowest BCUT2D eigenvalue weighted by molar-refractivity contribution is -0.198. The Hall–Kier alpha value is -1.90. The predicted molar refractivity (Wildman–Crippen MR) is 145 cm³/mol. The zero-order chi connectivity index (χ0) is 26.4. The molecule has 5 heteroatoms. The molecule has 0 bridgehead atoms. The molecule has 0 heterocycles. The molecular formula is C31H47N3O2. The number of methoxy groups -OCH3 is 1. The molecule has 0 aliphatic heterocycles. The molecule has 4 saturated carbocycles. The third kappa shape index (κ3) is 3.74. The van der Waals surface area contributed by atoms with Gasteiger partial charge in [0.1, 0.15) is 6.07 Å². The number of hydrogen-bond acceptors (Lipinski definition) is 5. The Kier molecular flexibility index (Phi) is 7.12. The maximum atomic E-state index is 11.3. The van der Waals surface area contributed by atoms with Gasteiger partial charge in [0.25, 0.3) is 0 Å². The van der Waals surface area contributed by atoms with Crippen molar-refractivity contribution in [3.8, 4) is 6.07 Å². The second-order valence-electron chi connectivity index (χ2n) is 13.1. The van der Waals surface area contributed by atoms with Gasteiger partial charge in [-0.25, -0.2) is 0 Å². The van der Waals surface area contributed by atoms with E-state index in [0.717, 1.165) is 64.0 Å². The molecule has 3 unspecified atom stereocenters. The van der Waals surface area contributed by atoms with Crippen molar-refractivity contribution >= 4 is 6.21 Å². The maximum Gasteiger partial charge on any atom is 0.102 e. The lowest BCUT2D eigenvalue weighted by Crippen LogP contribution is -2.64. The summed E-state index contributed by atoms with van der Waals surface area (Å²) in [4.78, 5) is 0. The molecule has 4 rings (SSSR count). The van der Waals surface area contributed by atoms with Crippen molar-refractivity contribution in [3.63, 3.8) is 0 Å². The van der Waals surface area contributed by atoms with Crippen LogP contribution in [-0.2, 0) is 4.74 Å². The summed E-state index contributed by atoms with van der Waals surface area (Å²) in [6.07, 6.45) is 16.9. The molecule has 0 aromatic carbocycles. The summed E-state index contributed by atoms with van der Waals surface area (Å²) in [6, 6.07) is 2.29. The van der Waals surface area contributed by atoms with Crippen LogP contribution in [0.1, 0.15) is 78.6 Å². The Morgan fingerprint density at radius 3 is 2.47 bits per heavy atom. The number of ether oxygens (including phenoxy) is 1. The number of allylic oxidation sites excluding steroid dienone is 3. The van der Waals surface area contributed by atoms with Gasteiger partial charge in [-0.1, -0.05) is 26.0 Å². The fourth-order valence-corrected chi connectivity index (χ4v) is 10.3. The molecule has 36 heavy (non-hydrogen) atoms. The number of aliphatic hydroxyl groups is 1. The number of nitrogens with one attached hydrogen (secondary N) is 2. The van der Waals surface area contributed by atoms with Gasteiger partial charge in [-0.05, 0) is 104 Å². The number of nitrogens with zero attached hydrogens (tertiary/aromatic N) is 1. The van der Waals surface area contributed by atoms with E-state index in [1.807, 2.05) is 0 Å². The Morgan fingerprint density at radius 2 is 1.86 bits per heavy atom. The fourth-order valence-electron chi connectivity index (χ4n) is 10.3. The second kappa shape index (κ2) is 9.44. The summed E-state index contributed by atoms with van der Waals surface area (Å²) < 4.78 is 5.43. The van der Waals surface area contributed by atoms with Crippen LogP contribution >= 0.6 is 0 Å². The van der Waals surface area contributed by atoms with E-state index in [-0.39, 0.29) is 27.7 Å². The van der Waals surface area contributed by atoms with Crippen molar-refractivity contribution in [1.29, 1.82) is 10.7 Å². The molecule has 5 nitrogen and oxygen atoms in total. The molecule has 0 radical (unpaired) electrons. The first-order chi connectivity index (χ1) is 17.0. The average Bonchev–Trinajstić information content (AvgIpc) is 3.16. The van der Waals surface area contributed by atoms with Crippen LogP contribution in [0.2, 0.25) is 0 Å². The third-order valence-electron chi connectivity index (χ3n) is 11.8. The van der Waals surface area contributed by atoms with Crippen molar-refractivity contribution in [2.45, 2.75) is 90.2 Å². The number of rotatable bonds is 8. The zero-order valence-corrected chi connectivity index (χ0v) is 22.9. The quantitative estimate of drug-likeness (QED) is 0.214. The van der Waals surface area contributed by atoms with Crippen molar-refractivity contribution in [1.82, 2.24) is 5.32 Å². The summed E-state index contributed by atoms with van der Waals surface area (Å²) in [6.45, 7) is 16.5. The van der Waals surface area contributed by atoms with Crippen molar-refractivity contribution < 1.29 is 9.84 Å². The highest BCUT2D eigenvalue weighted by Gasteiger charge is 2.70. The molecule has 4 fully saturated rings. The van der Waals surface area contributed by atoms with Crippen LogP contribution < -0.4 is 5.32 Å². The van der Waals surface area contributed by atoms with Gasteiger partial charge in [0, 0.05) is 25.6 Å². The van der Waals surface area contributed by atoms with E-state index in [9.17, 15) is 10.4 Å². The highest BCUT2D eigenvalue weighted by atomic mass is 16.5. The topological polar surface area (TPSA) is 89.1 Å². The molecule has 4 aliphatic carbocycles. The minimum atomic E-state index is -0.722. The van der Waals surface area contributed by atoms with Gasteiger partial charge < -0.3 is 20.6 Å². The minimum absolute atomic E-state index is 0.0466. The van der Waals surface area contributed by atoms with Gasteiger partial charge in [0.2, 0.25) is 0 Å². The van der Waals surface area contributed by atoms with Gasteiger partial charge in [-0.3, -0.25) is 0 Å². The highest BCUT2D eigenvalue weighted by Crippen LogP contribution is 2.77. The lowest BCUT2D eigenvalue weighted by Gasteiger charge is -2.69. The van der Waals surface area contributed by atoms with E-state index < -0.39 is 5.60 Å². The van der Waals surface area contributed by atoms with Crippen LogP contribution in [-0.4, -0.2) is 36.7 Å². The van der Waals surface area contributed by atoms with Gasteiger partial charge >= 0.3 is 0 Å². The normalized spacial score (nSPS) is 46.9. The Bertz CT molecular complexity index is 969. The molecule has 4 aliphatic rings. The molecule has 9 atom stereocenters. The Labute approximate surface area is 218 Å². The largest absolute Gasteiger partial charge is 0.387 e. The molecule has 198 valence electrons. The van der Waals surface area contributed by atoms with Crippen molar-refractivity contribution in [2.24, 2.45) is 39.4 Å². The Morgan fingerprint density at radius 1 is 1.14 bits per heavy atom. The summed E-state index contributed by atoms with van der Waals surface area (Å²) >= 11 is 0. The van der Waals surface area contributed by atoms with E-state index in [0.29, 0.717) is 29.9 Å². The van der Waals surface area contributed by atoms with E-state index in [4.69, 9.17) is 10.1 Å². The van der Waals surface area contributed by atoms with Gasteiger partial charge in [-0.15, -0.1) is 13.2 Å². The minimum Gasteiger partial charge on any atom is -0.387 e. The van der Waals surface area contributed by atoms with Gasteiger partial charge in [0.05, 0.1) is 17.8 Å². The first-order valence-electron chi connectivity index (χ1n) is 13.9. The smallest absolute Gasteiger partial charge is 0.102 e. The van der Waals surface area contributed by atoms with E-state index in [1.54, 1.807) is 13.3 Å². The summed E-state index contributed by atoms with van der Waals surface area (Å²) in [5.41, 5.74) is -0.0561. The van der Waals surface area contributed by atoms with E-state index in [1.165, 1.54) is 0 Å². The number of hydrogen-bond donors (Lipinski definition) is 3. The Balaban J connectivity index is 1.67. The number of fused-ring (bicyclic) bond motifs is 5. The average molecular weight is 494 g/mol. The van der Waals surface area contributed by atoms with E-state index >= 15 is 0 Å². The second-order valence-corrected chi connectivity index (χ2v) is 13.1. The highest BCUT2D eigenvalue weighted by molar-refractivity contribution is 5.80. The SMILES string of the molecule is C=CC12CC[C@]3(C)[C@@H]([C@@H](C)N/C=C(/C#N)C=N)CCC3(C=C)[C@@H]1CC[C@]1(C)C[C@@](O)(COC)CCC21. The standard InChI is InChI=1S/C31H47N3O2/c1-7-30-16-15-28(5)24(22(3)34-19-23(17-32)18-33)9-14-31(28,8-2)26(30)10-12-27(4)20-29(35,21-36-6)13-11-25(27)30/h7-8,17,19,22,24-26,32,34-35H,1-2,9-16,20-21H2,3-6H3/b23-19+,32-17?/t22-,24-,25?,26-,27-,28-,29-,30?,31?/m1/s1.